The summed E-state index contributed by atoms with van der Waals surface area (Å²) in [5, 5.41) is 20.4. The highest BCUT2D eigenvalue weighted by molar-refractivity contribution is 5.23. The van der Waals surface area contributed by atoms with Crippen LogP contribution in [-0.2, 0) is 0 Å². The van der Waals surface area contributed by atoms with Crippen molar-refractivity contribution in [1.29, 1.82) is 0 Å². The Balaban J connectivity index is 1.49. The van der Waals surface area contributed by atoms with Crippen LogP contribution in [0, 0.1) is 40.9 Å². The van der Waals surface area contributed by atoms with Crippen molar-refractivity contribution >= 4 is 0 Å². The van der Waals surface area contributed by atoms with Crippen LogP contribution in [0.3, 0.4) is 0 Å². The standard InChI is InChI=1S/C26H41F3O2/c1-16(9-12-23(2,3)30)21-7-8-22-20-6-5-17-15-25(31,26(27,28)29)14-11-18(17)19(20)10-13-24(21,22)4/h5,16,18-22,30-31H,6-15H2,1-4H3/t16?,18-,19?,20?,21+,22?,24+,25-/m0/s1. The summed E-state index contributed by atoms with van der Waals surface area (Å²) in [7, 11) is 0. The molecule has 0 bridgehead atoms. The third kappa shape index (κ3) is 4.11. The molecule has 0 aromatic rings. The molecule has 2 N–H and O–H groups in total. The highest BCUT2D eigenvalue weighted by Gasteiger charge is 2.60. The largest absolute Gasteiger partial charge is 0.417 e. The molecule has 4 aliphatic carbocycles. The van der Waals surface area contributed by atoms with Crippen LogP contribution in [0.2, 0.25) is 0 Å². The Labute approximate surface area is 185 Å². The second-order valence-corrected chi connectivity index (χ2v) is 12.4. The summed E-state index contributed by atoms with van der Waals surface area (Å²) >= 11 is 0. The SMILES string of the molecule is CC(CCC(C)(C)O)[C@H]1CCC2C3CC=C4C[C@](O)(C(F)(F)F)CC[C@@H]4C3CC[C@@]21C. The van der Waals surface area contributed by atoms with Gasteiger partial charge in [-0.1, -0.05) is 25.5 Å². The smallest absolute Gasteiger partial charge is 0.390 e. The molecular weight excluding hydrogens is 401 g/mol. The molecule has 0 aliphatic heterocycles. The minimum Gasteiger partial charge on any atom is -0.390 e. The van der Waals surface area contributed by atoms with Gasteiger partial charge in [0.15, 0.2) is 5.60 Å². The number of aliphatic hydroxyl groups is 2. The van der Waals surface area contributed by atoms with Crippen LogP contribution in [0.5, 0.6) is 0 Å². The summed E-state index contributed by atoms with van der Waals surface area (Å²) in [5.74, 6) is 3.22. The topological polar surface area (TPSA) is 40.5 Å². The number of hydrogen-bond acceptors (Lipinski definition) is 2. The third-order valence-corrected chi connectivity index (χ3v) is 10.0. The molecule has 178 valence electrons. The van der Waals surface area contributed by atoms with Crippen LogP contribution in [-0.4, -0.2) is 27.6 Å². The van der Waals surface area contributed by atoms with E-state index in [0.29, 0.717) is 41.4 Å². The van der Waals surface area contributed by atoms with Crippen molar-refractivity contribution in [3.05, 3.63) is 11.6 Å². The molecule has 2 nitrogen and oxygen atoms in total. The summed E-state index contributed by atoms with van der Waals surface area (Å²) in [6, 6.07) is 0. The molecule has 0 spiro atoms. The Hall–Kier alpha value is -0.550. The summed E-state index contributed by atoms with van der Waals surface area (Å²) in [6.45, 7) is 8.61. The number of halogens is 3. The average Bonchev–Trinajstić information content (AvgIpc) is 3.01. The predicted octanol–water partition coefficient (Wildman–Crippen LogP) is 6.66. The van der Waals surface area contributed by atoms with Gasteiger partial charge in [0.1, 0.15) is 0 Å². The van der Waals surface area contributed by atoms with Crippen LogP contribution in [0.4, 0.5) is 13.2 Å². The summed E-state index contributed by atoms with van der Waals surface area (Å²) in [5.41, 5.74) is -1.95. The summed E-state index contributed by atoms with van der Waals surface area (Å²) < 4.78 is 40.2. The van der Waals surface area contributed by atoms with Crippen molar-refractivity contribution in [2.75, 3.05) is 0 Å². The fraction of sp³-hybridized carbons (Fsp3) is 0.923. The first-order valence-electron chi connectivity index (χ1n) is 12.5. The van der Waals surface area contributed by atoms with Crippen LogP contribution < -0.4 is 0 Å². The molecule has 0 aromatic carbocycles. The lowest BCUT2D eigenvalue weighted by Gasteiger charge is -2.55. The van der Waals surface area contributed by atoms with Gasteiger partial charge in [-0.25, -0.2) is 0 Å². The van der Waals surface area contributed by atoms with Gasteiger partial charge in [0.25, 0.3) is 0 Å². The van der Waals surface area contributed by atoms with E-state index in [1.807, 2.05) is 13.8 Å². The second-order valence-electron chi connectivity index (χ2n) is 12.4. The number of allylic oxidation sites excluding steroid dienone is 1. The molecule has 5 heteroatoms. The van der Waals surface area contributed by atoms with Crippen molar-refractivity contribution < 1.29 is 23.4 Å². The zero-order chi connectivity index (χ0) is 22.8. The molecule has 3 saturated carbocycles. The minimum atomic E-state index is -4.54. The molecule has 31 heavy (non-hydrogen) atoms. The fourth-order valence-electron chi connectivity index (χ4n) is 8.29. The number of hydrogen-bond donors (Lipinski definition) is 2. The van der Waals surface area contributed by atoms with Crippen LogP contribution in [0.15, 0.2) is 11.6 Å². The number of fused-ring (bicyclic) bond motifs is 5. The van der Waals surface area contributed by atoms with Crippen LogP contribution >= 0.6 is 0 Å². The van der Waals surface area contributed by atoms with Crippen molar-refractivity contribution in [3.8, 4) is 0 Å². The maximum atomic E-state index is 13.4. The van der Waals surface area contributed by atoms with Gasteiger partial charge in [0.2, 0.25) is 0 Å². The van der Waals surface area contributed by atoms with Gasteiger partial charge >= 0.3 is 6.18 Å². The van der Waals surface area contributed by atoms with E-state index in [-0.39, 0.29) is 18.8 Å². The Morgan fingerprint density at radius 3 is 2.45 bits per heavy atom. The van der Waals surface area contributed by atoms with E-state index in [1.54, 1.807) is 0 Å². The van der Waals surface area contributed by atoms with E-state index >= 15 is 0 Å². The summed E-state index contributed by atoms with van der Waals surface area (Å²) in [4.78, 5) is 0. The summed E-state index contributed by atoms with van der Waals surface area (Å²) in [6.07, 6.45) is 5.15. The Bertz CT molecular complexity index is 708. The third-order valence-electron chi connectivity index (χ3n) is 10.0. The van der Waals surface area contributed by atoms with Crippen LogP contribution in [0.1, 0.15) is 91.9 Å². The molecule has 4 rings (SSSR count). The normalized spacial score (nSPS) is 44.2. The van der Waals surface area contributed by atoms with Gasteiger partial charge in [-0.3, -0.25) is 0 Å². The monoisotopic (exact) mass is 442 g/mol. The first kappa shape index (κ1) is 23.6. The molecule has 0 heterocycles. The first-order valence-corrected chi connectivity index (χ1v) is 12.5. The highest BCUT2D eigenvalue weighted by Crippen LogP contribution is 2.65. The van der Waals surface area contributed by atoms with Crippen LogP contribution in [0.25, 0.3) is 0 Å². The quantitative estimate of drug-likeness (QED) is 0.478. The van der Waals surface area contributed by atoms with Gasteiger partial charge < -0.3 is 10.2 Å². The lowest BCUT2D eigenvalue weighted by Crippen LogP contribution is -2.52. The fourth-order valence-corrected chi connectivity index (χ4v) is 8.29. The van der Waals surface area contributed by atoms with E-state index in [4.69, 9.17) is 0 Å². The molecule has 4 aliphatic rings. The van der Waals surface area contributed by atoms with Crippen molar-refractivity contribution in [3.63, 3.8) is 0 Å². The number of alkyl halides is 3. The van der Waals surface area contributed by atoms with Crippen molar-refractivity contribution in [2.45, 2.75) is 109 Å². The van der Waals surface area contributed by atoms with Gasteiger partial charge in [-0.15, -0.1) is 0 Å². The molecule has 3 fully saturated rings. The molecule has 8 atom stereocenters. The molecule has 4 unspecified atom stereocenters. The first-order chi connectivity index (χ1) is 14.3. The van der Waals surface area contributed by atoms with E-state index in [1.165, 1.54) is 19.3 Å². The maximum Gasteiger partial charge on any atom is 0.417 e. The average molecular weight is 443 g/mol. The highest BCUT2D eigenvalue weighted by atomic mass is 19.4. The van der Waals surface area contributed by atoms with Gasteiger partial charge in [-0.2, -0.15) is 13.2 Å². The van der Waals surface area contributed by atoms with Gasteiger partial charge in [0, 0.05) is 6.42 Å². The number of rotatable bonds is 4. The molecule has 0 amide bonds. The van der Waals surface area contributed by atoms with E-state index in [9.17, 15) is 23.4 Å². The lowest BCUT2D eigenvalue weighted by molar-refractivity contribution is -0.268. The predicted molar refractivity (Wildman–Crippen MR) is 116 cm³/mol. The molecule has 0 radical (unpaired) electrons. The zero-order valence-electron chi connectivity index (χ0n) is 19.6. The second kappa shape index (κ2) is 7.75. The van der Waals surface area contributed by atoms with E-state index < -0.39 is 17.4 Å². The lowest BCUT2D eigenvalue weighted by atomic mass is 9.50. The minimum absolute atomic E-state index is 0.153. The molecular formula is C26H41F3O2. The van der Waals surface area contributed by atoms with Crippen molar-refractivity contribution in [1.82, 2.24) is 0 Å². The Morgan fingerprint density at radius 1 is 1.10 bits per heavy atom. The molecule has 0 aromatic heterocycles. The van der Waals surface area contributed by atoms with E-state index in [2.05, 4.69) is 19.9 Å². The zero-order valence-corrected chi connectivity index (χ0v) is 19.6. The maximum absolute atomic E-state index is 13.4. The van der Waals surface area contributed by atoms with Gasteiger partial charge in [-0.05, 0) is 113 Å². The van der Waals surface area contributed by atoms with E-state index in [0.717, 1.165) is 31.3 Å². The Kier molecular flexibility index (Phi) is 5.90. The van der Waals surface area contributed by atoms with Gasteiger partial charge in [0.05, 0.1) is 5.60 Å². The van der Waals surface area contributed by atoms with Crippen molar-refractivity contribution in [2.24, 2.45) is 40.9 Å². The Morgan fingerprint density at radius 2 is 1.81 bits per heavy atom. The molecule has 0 saturated heterocycles.